The standard InChI is InChI=1S/C13H17N3S/c1-16-10(5-7-15-16)9-14-12-3-2-4-13-11(12)6-8-17-13/h5-8,12,14H,2-4,9H2,1H3. The van der Waals surface area contributed by atoms with Crippen molar-refractivity contribution >= 4 is 11.3 Å². The molecule has 0 aromatic carbocycles. The number of aromatic nitrogens is 2. The van der Waals surface area contributed by atoms with Crippen molar-refractivity contribution in [2.45, 2.75) is 31.8 Å². The fraction of sp³-hybridized carbons (Fsp3) is 0.462. The van der Waals surface area contributed by atoms with E-state index in [4.69, 9.17) is 0 Å². The SMILES string of the molecule is Cn1nccc1CNC1CCCc2sccc21. The van der Waals surface area contributed by atoms with Crippen LogP contribution in [0, 0.1) is 0 Å². The molecule has 1 unspecified atom stereocenters. The second-order valence-electron chi connectivity index (χ2n) is 4.57. The summed E-state index contributed by atoms with van der Waals surface area (Å²) in [6.07, 6.45) is 5.67. The van der Waals surface area contributed by atoms with Gasteiger partial charge in [-0.25, -0.2) is 0 Å². The highest BCUT2D eigenvalue weighted by molar-refractivity contribution is 7.10. The highest BCUT2D eigenvalue weighted by Crippen LogP contribution is 2.33. The fourth-order valence-electron chi connectivity index (χ4n) is 2.50. The number of hydrogen-bond donors (Lipinski definition) is 1. The molecule has 0 amide bonds. The van der Waals surface area contributed by atoms with Gasteiger partial charge in [-0.15, -0.1) is 11.3 Å². The summed E-state index contributed by atoms with van der Waals surface area (Å²) in [6.45, 7) is 0.899. The van der Waals surface area contributed by atoms with E-state index in [1.165, 1.54) is 30.5 Å². The van der Waals surface area contributed by atoms with Gasteiger partial charge in [0.1, 0.15) is 0 Å². The van der Waals surface area contributed by atoms with Gasteiger partial charge in [0.15, 0.2) is 0 Å². The van der Waals surface area contributed by atoms with E-state index in [9.17, 15) is 0 Å². The first kappa shape index (κ1) is 11.0. The third kappa shape index (κ3) is 2.15. The lowest BCUT2D eigenvalue weighted by Crippen LogP contribution is -2.24. The molecule has 1 aliphatic carbocycles. The second-order valence-corrected chi connectivity index (χ2v) is 5.57. The van der Waals surface area contributed by atoms with Crippen molar-refractivity contribution in [3.05, 3.63) is 39.8 Å². The van der Waals surface area contributed by atoms with E-state index in [0.717, 1.165) is 6.54 Å². The van der Waals surface area contributed by atoms with Crippen LogP contribution < -0.4 is 5.32 Å². The Hall–Kier alpha value is -1.13. The van der Waals surface area contributed by atoms with E-state index in [1.807, 2.05) is 29.3 Å². The summed E-state index contributed by atoms with van der Waals surface area (Å²) in [5.41, 5.74) is 2.76. The van der Waals surface area contributed by atoms with E-state index in [0.29, 0.717) is 6.04 Å². The highest BCUT2D eigenvalue weighted by Gasteiger charge is 2.20. The van der Waals surface area contributed by atoms with Crippen molar-refractivity contribution in [3.63, 3.8) is 0 Å². The molecule has 0 saturated heterocycles. The second kappa shape index (κ2) is 4.63. The van der Waals surface area contributed by atoms with Gasteiger partial charge >= 0.3 is 0 Å². The zero-order valence-electron chi connectivity index (χ0n) is 10.0. The molecule has 0 aliphatic heterocycles. The molecule has 0 bridgehead atoms. The van der Waals surface area contributed by atoms with Gasteiger partial charge in [0.05, 0.1) is 5.69 Å². The van der Waals surface area contributed by atoms with E-state index in [2.05, 4.69) is 27.9 Å². The Morgan fingerprint density at radius 2 is 2.47 bits per heavy atom. The topological polar surface area (TPSA) is 29.9 Å². The van der Waals surface area contributed by atoms with Gasteiger partial charge in [0, 0.05) is 30.7 Å². The predicted octanol–water partition coefficient (Wildman–Crippen LogP) is 2.65. The summed E-state index contributed by atoms with van der Waals surface area (Å²) in [5.74, 6) is 0. The Morgan fingerprint density at radius 1 is 1.53 bits per heavy atom. The van der Waals surface area contributed by atoms with Crippen molar-refractivity contribution in [1.82, 2.24) is 15.1 Å². The van der Waals surface area contributed by atoms with Gasteiger partial charge in [-0.05, 0) is 42.3 Å². The van der Waals surface area contributed by atoms with Crippen LogP contribution in [-0.4, -0.2) is 9.78 Å². The average molecular weight is 247 g/mol. The maximum Gasteiger partial charge on any atom is 0.0518 e. The molecule has 4 heteroatoms. The minimum absolute atomic E-state index is 0.528. The Kier molecular flexibility index (Phi) is 2.99. The molecule has 0 radical (unpaired) electrons. The predicted molar refractivity (Wildman–Crippen MR) is 70.0 cm³/mol. The van der Waals surface area contributed by atoms with Crippen LogP contribution in [-0.2, 0) is 20.0 Å². The summed E-state index contributed by atoms with van der Waals surface area (Å²) in [4.78, 5) is 1.57. The van der Waals surface area contributed by atoms with Gasteiger partial charge in [-0.1, -0.05) is 0 Å². The largest absolute Gasteiger partial charge is 0.304 e. The fourth-order valence-corrected chi connectivity index (χ4v) is 3.49. The number of fused-ring (bicyclic) bond motifs is 1. The van der Waals surface area contributed by atoms with Crippen molar-refractivity contribution in [2.24, 2.45) is 7.05 Å². The summed E-state index contributed by atoms with van der Waals surface area (Å²) < 4.78 is 1.93. The third-order valence-corrected chi connectivity index (χ3v) is 4.50. The molecule has 1 aliphatic rings. The first-order chi connectivity index (χ1) is 8.34. The van der Waals surface area contributed by atoms with Crippen molar-refractivity contribution < 1.29 is 0 Å². The Labute approximate surface area is 105 Å². The molecule has 3 rings (SSSR count). The number of thiophene rings is 1. The van der Waals surface area contributed by atoms with Crippen LogP contribution in [0.1, 0.15) is 35.0 Å². The average Bonchev–Trinajstić information content (AvgIpc) is 2.95. The van der Waals surface area contributed by atoms with Gasteiger partial charge < -0.3 is 5.32 Å². The number of nitrogens with one attached hydrogen (secondary N) is 1. The molecular formula is C13H17N3S. The zero-order valence-corrected chi connectivity index (χ0v) is 10.8. The Morgan fingerprint density at radius 3 is 3.29 bits per heavy atom. The van der Waals surface area contributed by atoms with Crippen molar-refractivity contribution in [3.8, 4) is 0 Å². The van der Waals surface area contributed by atoms with Crippen LogP contribution in [0.25, 0.3) is 0 Å². The third-order valence-electron chi connectivity index (χ3n) is 3.50. The Balaban J connectivity index is 1.70. The van der Waals surface area contributed by atoms with Crippen LogP contribution in [0.2, 0.25) is 0 Å². The van der Waals surface area contributed by atoms with Crippen LogP contribution in [0.5, 0.6) is 0 Å². The van der Waals surface area contributed by atoms with Gasteiger partial charge in [0.25, 0.3) is 0 Å². The molecule has 2 aromatic heterocycles. The minimum atomic E-state index is 0.528. The first-order valence-electron chi connectivity index (χ1n) is 6.11. The summed E-state index contributed by atoms with van der Waals surface area (Å²) in [5, 5.41) is 10.1. The molecule has 0 saturated carbocycles. The van der Waals surface area contributed by atoms with Gasteiger partial charge in [0.2, 0.25) is 0 Å². The lowest BCUT2D eigenvalue weighted by atomic mass is 9.94. The van der Waals surface area contributed by atoms with Crippen LogP contribution in [0.15, 0.2) is 23.7 Å². The van der Waals surface area contributed by atoms with E-state index >= 15 is 0 Å². The lowest BCUT2D eigenvalue weighted by molar-refractivity contribution is 0.454. The molecule has 2 aromatic rings. The molecule has 17 heavy (non-hydrogen) atoms. The number of hydrogen-bond acceptors (Lipinski definition) is 3. The molecule has 1 atom stereocenters. The Bertz CT molecular complexity index is 500. The maximum atomic E-state index is 4.19. The van der Waals surface area contributed by atoms with Crippen molar-refractivity contribution in [1.29, 1.82) is 0 Å². The summed E-state index contributed by atoms with van der Waals surface area (Å²) in [6, 6.07) is 4.88. The zero-order chi connectivity index (χ0) is 11.7. The summed E-state index contributed by atoms with van der Waals surface area (Å²) >= 11 is 1.90. The van der Waals surface area contributed by atoms with Gasteiger partial charge in [-0.2, -0.15) is 5.10 Å². The van der Waals surface area contributed by atoms with E-state index in [-0.39, 0.29) is 0 Å². The molecular weight excluding hydrogens is 230 g/mol. The summed E-state index contributed by atoms with van der Waals surface area (Å²) in [7, 11) is 1.99. The minimum Gasteiger partial charge on any atom is -0.304 e. The maximum absolute atomic E-state index is 4.19. The van der Waals surface area contributed by atoms with Crippen LogP contribution in [0.3, 0.4) is 0 Å². The van der Waals surface area contributed by atoms with Crippen molar-refractivity contribution in [2.75, 3.05) is 0 Å². The molecule has 0 spiro atoms. The van der Waals surface area contributed by atoms with Crippen LogP contribution >= 0.6 is 11.3 Å². The van der Waals surface area contributed by atoms with Gasteiger partial charge in [-0.3, -0.25) is 4.68 Å². The number of aryl methyl sites for hydroxylation is 2. The van der Waals surface area contributed by atoms with E-state index < -0.39 is 0 Å². The smallest absolute Gasteiger partial charge is 0.0518 e. The highest BCUT2D eigenvalue weighted by atomic mass is 32.1. The number of nitrogens with zero attached hydrogens (tertiary/aromatic N) is 2. The molecule has 0 fully saturated rings. The monoisotopic (exact) mass is 247 g/mol. The first-order valence-corrected chi connectivity index (χ1v) is 6.99. The van der Waals surface area contributed by atoms with E-state index in [1.54, 1.807) is 4.88 Å². The van der Waals surface area contributed by atoms with Crippen LogP contribution in [0.4, 0.5) is 0 Å². The quantitative estimate of drug-likeness (QED) is 0.903. The number of rotatable bonds is 3. The molecule has 90 valence electrons. The normalized spacial score (nSPS) is 19.2. The molecule has 3 nitrogen and oxygen atoms in total. The molecule has 2 heterocycles. The molecule has 1 N–H and O–H groups in total. The lowest BCUT2D eigenvalue weighted by Gasteiger charge is -2.23.